The molecule has 57 heavy (non-hydrogen) atoms. The van der Waals surface area contributed by atoms with Crippen molar-refractivity contribution in [1.82, 2.24) is 0 Å². The van der Waals surface area contributed by atoms with Crippen molar-refractivity contribution in [2.24, 2.45) is 5.92 Å². The van der Waals surface area contributed by atoms with E-state index in [0.717, 1.165) is 18.8 Å². The van der Waals surface area contributed by atoms with Crippen LogP contribution >= 0.6 is 0 Å². The highest BCUT2D eigenvalue weighted by Gasteiger charge is 2.03. The van der Waals surface area contributed by atoms with Crippen molar-refractivity contribution >= 4 is 5.97 Å². The zero-order valence-electron chi connectivity index (χ0n) is 40.0. The lowest BCUT2D eigenvalue weighted by Gasteiger charge is -2.07. The molecule has 0 spiro atoms. The molecule has 0 aromatic carbocycles. The Morgan fingerprint density at radius 2 is 0.649 bits per heavy atom. The average Bonchev–Trinajstić information content (AvgIpc) is 3.22. The van der Waals surface area contributed by atoms with E-state index in [-0.39, 0.29) is 5.97 Å². The molecule has 0 aromatic rings. The predicted octanol–water partition coefficient (Wildman–Crippen LogP) is 20.1. The predicted molar refractivity (Wildman–Crippen MR) is 258 cm³/mol. The van der Waals surface area contributed by atoms with Crippen LogP contribution in [-0.2, 0) is 9.53 Å². The van der Waals surface area contributed by atoms with Crippen LogP contribution in [0.15, 0.2) is 12.2 Å². The van der Waals surface area contributed by atoms with Crippen LogP contribution in [0.1, 0.15) is 323 Å². The lowest BCUT2D eigenvalue weighted by atomic mass is 9.99. The van der Waals surface area contributed by atoms with Gasteiger partial charge in [-0.1, -0.05) is 290 Å². The SMILES string of the molecule is CCCCCCCCC=CCCCCCCCCCC(=O)OCCCCCCCCCCCCCCCCCCCCCCCCCCCCCCCC(C)CC. The molecule has 0 aliphatic rings. The molecular formula is C55H108O2. The molecule has 0 saturated carbocycles. The van der Waals surface area contributed by atoms with Crippen LogP contribution in [0.2, 0.25) is 0 Å². The van der Waals surface area contributed by atoms with E-state index in [1.165, 1.54) is 283 Å². The molecule has 1 unspecified atom stereocenters. The van der Waals surface area contributed by atoms with Gasteiger partial charge in [0.15, 0.2) is 0 Å². The first kappa shape index (κ1) is 56.2. The van der Waals surface area contributed by atoms with Crippen molar-refractivity contribution in [2.45, 2.75) is 323 Å². The normalized spacial score (nSPS) is 12.3. The largest absolute Gasteiger partial charge is 0.466 e. The fraction of sp³-hybridized carbons (Fsp3) is 0.945. The van der Waals surface area contributed by atoms with Crippen LogP contribution in [0.25, 0.3) is 0 Å². The van der Waals surface area contributed by atoms with Gasteiger partial charge in [0.05, 0.1) is 6.61 Å². The van der Waals surface area contributed by atoms with E-state index in [2.05, 4.69) is 32.9 Å². The van der Waals surface area contributed by atoms with E-state index in [1.54, 1.807) is 0 Å². The lowest BCUT2D eigenvalue weighted by Crippen LogP contribution is -2.05. The highest BCUT2D eigenvalue weighted by atomic mass is 16.5. The van der Waals surface area contributed by atoms with Crippen molar-refractivity contribution < 1.29 is 9.53 Å². The molecule has 0 N–H and O–H groups in total. The first-order valence-electron chi connectivity index (χ1n) is 27.0. The Kier molecular flexibility index (Phi) is 50.6. The molecule has 2 nitrogen and oxygen atoms in total. The molecule has 0 fully saturated rings. The minimum absolute atomic E-state index is 0.0262. The highest BCUT2D eigenvalue weighted by Crippen LogP contribution is 2.18. The summed E-state index contributed by atoms with van der Waals surface area (Å²) in [6.07, 6.45) is 69.3. The number of unbranched alkanes of at least 4 members (excludes halogenated alkanes) is 41. The van der Waals surface area contributed by atoms with Gasteiger partial charge in [-0.15, -0.1) is 0 Å². The molecule has 0 aliphatic heterocycles. The van der Waals surface area contributed by atoms with Gasteiger partial charge in [-0.2, -0.15) is 0 Å². The minimum Gasteiger partial charge on any atom is -0.466 e. The summed E-state index contributed by atoms with van der Waals surface area (Å²) in [7, 11) is 0. The zero-order valence-corrected chi connectivity index (χ0v) is 40.0. The van der Waals surface area contributed by atoms with Crippen molar-refractivity contribution in [3.63, 3.8) is 0 Å². The van der Waals surface area contributed by atoms with Gasteiger partial charge < -0.3 is 4.74 Å². The number of carbonyl (C=O) groups is 1. The summed E-state index contributed by atoms with van der Waals surface area (Å²) in [6, 6.07) is 0. The number of carbonyl (C=O) groups excluding carboxylic acids is 1. The molecule has 340 valence electrons. The molecule has 0 bridgehead atoms. The molecule has 0 saturated heterocycles. The molecular weight excluding hydrogens is 693 g/mol. The van der Waals surface area contributed by atoms with Gasteiger partial charge in [0.2, 0.25) is 0 Å². The van der Waals surface area contributed by atoms with Gasteiger partial charge in [0.1, 0.15) is 0 Å². The van der Waals surface area contributed by atoms with Crippen LogP contribution in [0.3, 0.4) is 0 Å². The average molecular weight is 801 g/mol. The van der Waals surface area contributed by atoms with Gasteiger partial charge >= 0.3 is 5.97 Å². The number of rotatable bonds is 50. The van der Waals surface area contributed by atoms with Gasteiger partial charge in [0, 0.05) is 6.42 Å². The van der Waals surface area contributed by atoms with Crippen LogP contribution in [0, 0.1) is 5.92 Å². The van der Waals surface area contributed by atoms with Gasteiger partial charge in [-0.3, -0.25) is 4.79 Å². The maximum Gasteiger partial charge on any atom is 0.305 e. The summed E-state index contributed by atoms with van der Waals surface area (Å²) in [5, 5.41) is 0. The van der Waals surface area contributed by atoms with E-state index in [4.69, 9.17) is 4.74 Å². The van der Waals surface area contributed by atoms with E-state index in [0.29, 0.717) is 13.0 Å². The summed E-state index contributed by atoms with van der Waals surface area (Å²) in [6.45, 7) is 7.65. The number of ether oxygens (including phenoxy) is 1. The third kappa shape index (κ3) is 51.3. The maximum absolute atomic E-state index is 12.0. The lowest BCUT2D eigenvalue weighted by molar-refractivity contribution is -0.143. The monoisotopic (exact) mass is 801 g/mol. The summed E-state index contributed by atoms with van der Waals surface area (Å²) in [5.41, 5.74) is 0. The van der Waals surface area contributed by atoms with Crippen LogP contribution < -0.4 is 0 Å². The molecule has 0 amide bonds. The van der Waals surface area contributed by atoms with E-state index >= 15 is 0 Å². The second-order valence-electron chi connectivity index (χ2n) is 18.8. The summed E-state index contributed by atoms with van der Waals surface area (Å²) < 4.78 is 5.49. The van der Waals surface area contributed by atoms with Crippen LogP contribution in [0.5, 0.6) is 0 Å². The smallest absolute Gasteiger partial charge is 0.305 e. The number of allylic oxidation sites excluding steroid dienone is 2. The Hall–Kier alpha value is -0.790. The topological polar surface area (TPSA) is 26.3 Å². The van der Waals surface area contributed by atoms with Crippen molar-refractivity contribution in [3.8, 4) is 0 Å². The maximum atomic E-state index is 12.0. The van der Waals surface area contributed by atoms with Crippen LogP contribution in [-0.4, -0.2) is 12.6 Å². The fourth-order valence-electron chi connectivity index (χ4n) is 8.52. The summed E-state index contributed by atoms with van der Waals surface area (Å²) >= 11 is 0. The second kappa shape index (κ2) is 51.4. The number of hydrogen-bond acceptors (Lipinski definition) is 2. The Balaban J connectivity index is 3.16. The van der Waals surface area contributed by atoms with Gasteiger partial charge in [-0.25, -0.2) is 0 Å². The van der Waals surface area contributed by atoms with Crippen molar-refractivity contribution in [1.29, 1.82) is 0 Å². The fourth-order valence-corrected chi connectivity index (χ4v) is 8.52. The molecule has 0 aromatic heterocycles. The van der Waals surface area contributed by atoms with E-state index < -0.39 is 0 Å². The van der Waals surface area contributed by atoms with E-state index in [9.17, 15) is 4.79 Å². The third-order valence-corrected chi connectivity index (χ3v) is 12.9. The Labute approximate surface area is 361 Å². The Bertz CT molecular complexity index is 758. The van der Waals surface area contributed by atoms with Crippen molar-refractivity contribution in [2.75, 3.05) is 6.61 Å². The summed E-state index contributed by atoms with van der Waals surface area (Å²) in [4.78, 5) is 12.0. The molecule has 1 atom stereocenters. The van der Waals surface area contributed by atoms with E-state index in [1.807, 2.05) is 0 Å². The first-order valence-corrected chi connectivity index (χ1v) is 27.0. The molecule has 0 heterocycles. The Morgan fingerprint density at radius 3 is 0.982 bits per heavy atom. The number of esters is 1. The quantitative estimate of drug-likeness (QED) is 0.0348. The second-order valence-corrected chi connectivity index (χ2v) is 18.8. The number of hydrogen-bond donors (Lipinski definition) is 0. The zero-order chi connectivity index (χ0) is 41.2. The third-order valence-electron chi connectivity index (χ3n) is 12.9. The van der Waals surface area contributed by atoms with Crippen LogP contribution in [0.4, 0.5) is 0 Å². The van der Waals surface area contributed by atoms with Crippen molar-refractivity contribution in [3.05, 3.63) is 12.2 Å². The standard InChI is InChI=1S/C55H108O2/c1-4-6-7-8-9-10-11-12-13-27-31-34-37-40-43-46-49-52-55(56)57-53-50-47-44-41-38-35-32-29-26-24-22-20-18-16-14-15-17-19-21-23-25-28-30-33-36-39-42-45-48-51-54(3)5-2/h12-13,54H,4-11,14-53H2,1-3H3. The first-order chi connectivity index (χ1) is 28.2. The Morgan fingerprint density at radius 1 is 0.368 bits per heavy atom. The minimum atomic E-state index is 0.0262. The van der Waals surface area contributed by atoms with Gasteiger partial charge in [0.25, 0.3) is 0 Å². The van der Waals surface area contributed by atoms with Gasteiger partial charge in [-0.05, 0) is 44.4 Å². The molecule has 0 radical (unpaired) electrons. The highest BCUT2D eigenvalue weighted by molar-refractivity contribution is 5.69. The molecule has 2 heteroatoms. The summed E-state index contributed by atoms with van der Waals surface area (Å²) in [5.74, 6) is 0.966. The molecule has 0 aliphatic carbocycles. The molecule has 0 rings (SSSR count).